The molecule has 2 aromatic rings. The lowest BCUT2D eigenvalue weighted by Crippen LogP contribution is -2.34. The second-order valence-corrected chi connectivity index (χ2v) is 6.36. The average Bonchev–Trinajstić information content (AvgIpc) is 2.57. The van der Waals surface area contributed by atoms with Crippen molar-refractivity contribution in [3.8, 4) is 0 Å². The molecule has 0 saturated heterocycles. The number of carbonyl (C=O) groups excluding carboxylic acids is 1. The van der Waals surface area contributed by atoms with E-state index in [0.29, 0.717) is 17.8 Å². The maximum Gasteiger partial charge on any atom is 0.251 e. The van der Waals surface area contributed by atoms with Gasteiger partial charge in [-0.1, -0.05) is 37.3 Å². The van der Waals surface area contributed by atoms with Crippen LogP contribution in [0.3, 0.4) is 0 Å². The molecule has 1 unspecified atom stereocenters. The normalized spacial score (nSPS) is 11.3. The molecule has 6 heteroatoms. The fourth-order valence-corrected chi connectivity index (χ4v) is 2.74. The van der Waals surface area contributed by atoms with Gasteiger partial charge in [-0.05, 0) is 56.3 Å². The van der Waals surface area contributed by atoms with E-state index in [4.69, 9.17) is 5.73 Å². The minimum atomic E-state index is -0.0863. The SMILES string of the molecule is CCc1ccc(C(CNC(=O)c2cc(N)ccc2C)N(C)C)cc1.Cl.Cl. The number of nitrogens with two attached hydrogens (primary N) is 1. The Kier molecular flexibility index (Phi) is 10.3. The molecule has 0 radical (unpaired) electrons. The lowest BCUT2D eigenvalue weighted by Gasteiger charge is -2.25. The highest BCUT2D eigenvalue weighted by atomic mass is 35.5. The summed E-state index contributed by atoms with van der Waals surface area (Å²) < 4.78 is 0. The standard InChI is InChI=1S/C20H27N3O.2ClH/c1-5-15-7-9-16(10-8-15)19(23(3)4)13-22-20(24)18-12-17(21)11-6-14(18)2;;/h6-12,19H,5,13,21H2,1-4H3,(H,22,24);2*1H. The fourth-order valence-electron chi connectivity index (χ4n) is 2.74. The van der Waals surface area contributed by atoms with Crippen LogP contribution in [0.5, 0.6) is 0 Å². The number of nitrogens with one attached hydrogen (secondary N) is 1. The Morgan fingerprint density at radius 2 is 1.73 bits per heavy atom. The van der Waals surface area contributed by atoms with Crippen molar-refractivity contribution in [1.29, 1.82) is 0 Å². The first-order valence-corrected chi connectivity index (χ1v) is 8.32. The van der Waals surface area contributed by atoms with Gasteiger partial charge in [0.05, 0.1) is 6.04 Å². The summed E-state index contributed by atoms with van der Waals surface area (Å²) in [5.41, 5.74) is 10.5. The lowest BCUT2D eigenvalue weighted by molar-refractivity contribution is 0.0941. The summed E-state index contributed by atoms with van der Waals surface area (Å²) in [6, 6.07) is 14.1. The summed E-state index contributed by atoms with van der Waals surface area (Å²) >= 11 is 0. The molecule has 0 fully saturated rings. The monoisotopic (exact) mass is 397 g/mol. The Bertz CT molecular complexity index is 703. The van der Waals surface area contributed by atoms with Crippen LogP contribution in [0.15, 0.2) is 42.5 Å². The van der Waals surface area contributed by atoms with Crippen LogP contribution < -0.4 is 11.1 Å². The number of rotatable bonds is 6. The Labute approximate surface area is 169 Å². The predicted molar refractivity (Wildman–Crippen MR) is 115 cm³/mol. The number of aryl methyl sites for hydroxylation is 2. The summed E-state index contributed by atoms with van der Waals surface area (Å²) in [5.74, 6) is -0.0863. The molecule has 144 valence electrons. The lowest BCUT2D eigenvalue weighted by atomic mass is 10.0. The van der Waals surface area contributed by atoms with Crippen LogP contribution in [0.2, 0.25) is 0 Å². The van der Waals surface area contributed by atoms with Gasteiger partial charge in [-0.2, -0.15) is 0 Å². The van der Waals surface area contributed by atoms with Crippen molar-refractivity contribution in [3.05, 3.63) is 64.7 Å². The van der Waals surface area contributed by atoms with Crippen molar-refractivity contribution < 1.29 is 4.79 Å². The highest BCUT2D eigenvalue weighted by molar-refractivity contribution is 5.96. The van der Waals surface area contributed by atoms with Crippen molar-refractivity contribution in [1.82, 2.24) is 10.2 Å². The summed E-state index contributed by atoms with van der Waals surface area (Å²) in [6.45, 7) is 4.61. The molecule has 0 aromatic heterocycles. The highest BCUT2D eigenvalue weighted by Gasteiger charge is 2.17. The topological polar surface area (TPSA) is 58.4 Å². The van der Waals surface area contributed by atoms with Gasteiger partial charge in [0.25, 0.3) is 5.91 Å². The largest absolute Gasteiger partial charge is 0.399 e. The van der Waals surface area contributed by atoms with Gasteiger partial charge in [-0.3, -0.25) is 4.79 Å². The highest BCUT2D eigenvalue weighted by Crippen LogP contribution is 2.19. The maximum absolute atomic E-state index is 12.5. The van der Waals surface area contributed by atoms with Crippen molar-refractivity contribution in [2.45, 2.75) is 26.3 Å². The van der Waals surface area contributed by atoms with E-state index in [1.165, 1.54) is 11.1 Å². The molecule has 2 aromatic carbocycles. The van der Waals surface area contributed by atoms with Crippen LogP contribution in [0.1, 0.15) is 40.0 Å². The molecule has 0 saturated carbocycles. The number of nitrogens with zero attached hydrogens (tertiary/aromatic N) is 1. The summed E-state index contributed by atoms with van der Waals surface area (Å²) in [7, 11) is 4.05. The average molecular weight is 398 g/mol. The molecule has 3 N–H and O–H groups in total. The third-order valence-corrected chi connectivity index (χ3v) is 4.36. The Morgan fingerprint density at radius 3 is 2.27 bits per heavy atom. The fraction of sp³-hybridized carbons (Fsp3) is 0.350. The van der Waals surface area contributed by atoms with Gasteiger partial charge in [0, 0.05) is 17.8 Å². The second kappa shape index (κ2) is 11.1. The summed E-state index contributed by atoms with van der Waals surface area (Å²) in [4.78, 5) is 14.6. The summed E-state index contributed by atoms with van der Waals surface area (Å²) in [6.07, 6.45) is 1.03. The zero-order valence-corrected chi connectivity index (χ0v) is 17.4. The number of carbonyl (C=O) groups is 1. The molecule has 0 aliphatic heterocycles. The van der Waals surface area contributed by atoms with E-state index < -0.39 is 0 Å². The van der Waals surface area contributed by atoms with Crippen LogP contribution in [0.25, 0.3) is 0 Å². The molecule has 1 atom stereocenters. The third-order valence-electron chi connectivity index (χ3n) is 4.36. The third kappa shape index (κ3) is 6.20. The first kappa shape index (κ1) is 24.2. The Hall–Kier alpha value is -1.75. The number of nitrogen functional groups attached to an aromatic ring is 1. The smallest absolute Gasteiger partial charge is 0.251 e. The first-order chi connectivity index (χ1) is 11.4. The van der Waals surface area contributed by atoms with E-state index in [1.807, 2.05) is 33.2 Å². The molecule has 0 aliphatic rings. The Morgan fingerprint density at radius 1 is 1.12 bits per heavy atom. The molecular weight excluding hydrogens is 369 g/mol. The molecule has 0 heterocycles. The van der Waals surface area contributed by atoms with E-state index in [0.717, 1.165) is 12.0 Å². The minimum Gasteiger partial charge on any atom is -0.399 e. The molecule has 26 heavy (non-hydrogen) atoms. The number of anilines is 1. The maximum atomic E-state index is 12.5. The van der Waals surface area contributed by atoms with E-state index in [1.54, 1.807) is 6.07 Å². The van der Waals surface area contributed by atoms with Gasteiger partial charge in [-0.25, -0.2) is 0 Å². The minimum absolute atomic E-state index is 0. The van der Waals surface area contributed by atoms with Crippen molar-refractivity contribution in [3.63, 3.8) is 0 Å². The molecule has 4 nitrogen and oxygen atoms in total. The van der Waals surface area contributed by atoms with Gasteiger partial charge < -0.3 is 16.0 Å². The molecule has 0 bridgehead atoms. The second-order valence-electron chi connectivity index (χ2n) is 6.36. The zero-order chi connectivity index (χ0) is 17.7. The number of halogens is 2. The van der Waals surface area contributed by atoms with Crippen LogP contribution in [0.4, 0.5) is 5.69 Å². The predicted octanol–water partition coefficient (Wildman–Crippen LogP) is 4.02. The number of hydrogen-bond donors (Lipinski definition) is 2. The van der Waals surface area contributed by atoms with Crippen LogP contribution in [-0.2, 0) is 6.42 Å². The van der Waals surface area contributed by atoms with Crippen LogP contribution in [0, 0.1) is 6.92 Å². The van der Waals surface area contributed by atoms with Gasteiger partial charge in [-0.15, -0.1) is 24.8 Å². The number of benzene rings is 2. The first-order valence-electron chi connectivity index (χ1n) is 8.32. The van der Waals surface area contributed by atoms with Crippen LogP contribution in [-0.4, -0.2) is 31.4 Å². The number of amides is 1. The van der Waals surface area contributed by atoms with Crippen molar-refractivity contribution in [2.75, 3.05) is 26.4 Å². The molecule has 1 amide bonds. The van der Waals surface area contributed by atoms with E-state index in [9.17, 15) is 4.79 Å². The van der Waals surface area contributed by atoms with Crippen molar-refractivity contribution >= 4 is 36.4 Å². The van der Waals surface area contributed by atoms with E-state index in [-0.39, 0.29) is 36.8 Å². The molecular formula is C20H29Cl2N3O. The number of likely N-dealkylation sites (N-methyl/N-ethyl adjacent to an activating group) is 1. The van der Waals surface area contributed by atoms with Crippen molar-refractivity contribution in [2.24, 2.45) is 0 Å². The van der Waals surface area contributed by atoms with E-state index in [2.05, 4.69) is 41.4 Å². The number of hydrogen-bond acceptors (Lipinski definition) is 3. The molecule has 0 spiro atoms. The molecule has 0 aliphatic carbocycles. The van der Waals surface area contributed by atoms with Gasteiger partial charge >= 0.3 is 0 Å². The zero-order valence-electron chi connectivity index (χ0n) is 15.8. The van der Waals surface area contributed by atoms with Gasteiger partial charge in [0.15, 0.2) is 0 Å². The van der Waals surface area contributed by atoms with Gasteiger partial charge in [0.2, 0.25) is 0 Å². The van der Waals surface area contributed by atoms with Gasteiger partial charge in [0.1, 0.15) is 0 Å². The quantitative estimate of drug-likeness (QED) is 0.723. The Balaban J connectivity index is 0.00000312. The van der Waals surface area contributed by atoms with Crippen LogP contribution >= 0.6 is 24.8 Å². The molecule has 2 rings (SSSR count). The summed E-state index contributed by atoms with van der Waals surface area (Å²) in [5, 5.41) is 3.04. The van der Waals surface area contributed by atoms with E-state index >= 15 is 0 Å².